The molecule has 7 heteroatoms. The first-order valence-electron chi connectivity index (χ1n) is 6.10. The number of esters is 1. The number of methoxy groups -OCH3 is 1. The predicted octanol–water partition coefficient (Wildman–Crippen LogP) is 1.79. The van der Waals surface area contributed by atoms with Crippen LogP contribution in [-0.2, 0) is 11.8 Å². The molecule has 0 aliphatic carbocycles. The van der Waals surface area contributed by atoms with E-state index < -0.39 is 11.9 Å². The van der Waals surface area contributed by atoms with Gasteiger partial charge in [0.2, 0.25) is 0 Å². The highest BCUT2D eigenvalue weighted by atomic mass is 32.1. The summed E-state index contributed by atoms with van der Waals surface area (Å²) in [7, 11) is 2.88. The van der Waals surface area contributed by atoms with Crippen LogP contribution < -0.4 is 10.2 Å². The summed E-state index contributed by atoms with van der Waals surface area (Å²) in [5, 5.41) is 2.64. The Bertz CT molecular complexity index is 761. The third-order valence-electron chi connectivity index (χ3n) is 3.08. The van der Waals surface area contributed by atoms with Crippen LogP contribution >= 0.6 is 11.3 Å². The summed E-state index contributed by atoms with van der Waals surface area (Å²) >= 11 is 0.868. The van der Waals surface area contributed by atoms with Gasteiger partial charge in [0, 0.05) is 12.7 Å². The van der Waals surface area contributed by atoms with Crippen LogP contribution in [0.2, 0.25) is 0 Å². The number of hydrogen-bond donors (Lipinski definition) is 1. The van der Waals surface area contributed by atoms with Gasteiger partial charge in [0.15, 0.2) is 0 Å². The van der Waals surface area contributed by atoms with Crippen molar-refractivity contribution in [3.05, 3.63) is 50.1 Å². The molecular formula is C14H14N2O4S. The fourth-order valence-corrected chi connectivity index (χ4v) is 2.67. The lowest BCUT2D eigenvalue weighted by atomic mass is 10.1. The maximum atomic E-state index is 12.3. The van der Waals surface area contributed by atoms with Crippen molar-refractivity contribution in [3.63, 3.8) is 0 Å². The highest BCUT2D eigenvalue weighted by Crippen LogP contribution is 2.19. The van der Waals surface area contributed by atoms with Crippen molar-refractivity contribution in [2.24, 2.45) is 7.05 Å². The number of aromatic nitrogens is 1. The SMILES string of the molecule is COC(=O)c1ccccc1NC(=O)c1sc(=O)n(C)c1C. The number of nitrogens with one attached hydrogen (secondary N) is 1. The van der Waals surface area contributed by atoms with E-state index in [4.69, 9.17) is 0 Å². The molecule has 1 N–H and O–H groups in total. The van der Waals surface area contributed by atoms with Crippen LogP contribution in [0.4, 0.5) is 5.69 Å². The molecule has 110 valence electrons. The molecule has 0 unspecified atom stereocenters. The number of carbonyl (C=O) groups is 2. The molecule has 1 amide bonds. The van der Waals surface area contributed by atoms with E-state index in [1.165, 1.54) is 11.7 Å². The number of carbonyl (C=O) groups excluding carboxylic acids is 2. The molecule has 0 saturated heterocycles. The van der Waals surface area contributed by atoms with Gasteiger partial charge in [-0.25, -0.2) is 4.79 Å². The second-order valence-corrected chi connectivity index (χ2v) is 5.29. The molecule has 0 aliphatic rings. The molecule has 0 spiro atoms. The first-order chi connectivity index (χ1) is 9.95. The fraction of sp³-hybridized carbons (Fsp3) is 0.214. The predicted molar refractivity (Wildman–Crippen MR) is 80.0 cm³/mol. The highest BCUT2D eigenvalue weighted by Gasteiger charge is 2.18. The summed E-state index contributed by atoms with van der Waals surface area (Å²) in [6, 6.07) is 6.53. The van der Waals surface area contributed by atoms with Gasteiger partial charge >= 0.3 is 10.8 Å². The van der Waals surface area contributed by atoms with E-state index >= 15 is 0 Å². The zero-order valence-corrected chi connectivity index (χ0v) is 12.6. The Morgan fingerprint density at radius 2 is 1.95 bits per heavy atom. The minimum absolute atomic E-state index is 0.209. The first-order valence-corrected chi connectivity index (χ1v) is 6.92. The lowest BCUT2D eigenvalue weighted by Gasteiger charge is -2.09. The van der Waals surface area contributed by atoms with E-state index in [1.54, 1.807) is 38.2 Å². The number of ether oxygens (including phenoxy) is 1. The molecule has 2 aromatic rings. The normalized spacial score (nSPS) is 10.2. The molecule has 1 aromatic heterocycles. The van der Waals surface area contributed by atoms with Crippen molar-refractivity contribution in [1.82, 2.24) is 4.57 Å². The molecule has 1 heterocycles. The van der Waals surface area contributed by atoms with Crippen LogP contribution in [0.3, 0.4) is 0 Å². The van der Waals surface area contributed by atoms with Crippen molar-refractivity contribution < 1.29 is 14.3 Å². The Balaban J connectivity index is 2.34. The summed E-state index contributed by atoms with van der Waals surface area (Å²) < 4.78 is 6.08. The third-order valence-corrected chi connectivity index (χ3v) is 4.22. The number of para-hydroxylation sites is 1. The largest absolute Gasteiger partial charge is 0.465 e. The van der Waals surface area contributed by atoms with Gasteiger partial charge in [-0.05, 0) is 19.1 Å². The van der Waals surface area contributed by atoms with Gasteiger partial charge in [-0.2, -0.15) is 0 Å². The molecular weight excluding hydrogens is 292 g/mol. The van der Waals surface area contributed by atoms with E-state index in [0.717, 1.165) is 11.3 Å². The molecule has 6 nitrogen and oxygen atoms in total. The summed E-state index contributed by atoms with van der Waals surface area (Å²) in [4.78, 5) is 35.6. The Morgan fingerprint density at radius 1 is 1.29 bits per heavy atom. The Kier molecular flexibility index (Phi) is 4.23. The zero-order chi connectivity index (χ0) is 15.6. The summed E-state index contributed by atoms with van der Waals surface area (Å²) in [5.74, 6) is -0.963. The number of hydrogen-bond acceptors (Lipinski definition) is 5. The second-order valence-electron chi connectivity index (χ2n) is 4.33. The standard InChI is InChI=1S/C14H14N2O4S/c1-8-11(21-14(19)16(8)2)12(17)15-10-7-5-4-6-9(10)13(18)20-3/h4-7H,1-3H3,(H,15,17). The van der Waals surface area contributed by atoms with Gasteiger partial charge in [0.25, 0.3) is 5.91 Å². The van der Waals surface area contributed by atoms with Gasteiger partial charge in [0.05, 0.1) is 18.4 Å². The average Bonchev–Trinajstić information content (AvgIpc) is 2.74. The van der Waals surface area contributed by atoms with E-state index in [9.17, 15) is 14.4 Å². The first kappa shape index (κ1) is 15.0. The zero-order valence-electron chi connectivity index (χ0n) is 11.8. The molecule has 0 bridgehead atoms. The summed E-state index contributed by atoms with van der Waals surface area (Å²) in [6.45, 7) is 1.69. The van der Waals surface area contributed by atoms with Crippen molar-refractivity contribution in [2.45, 2.75) is 6.92 Å². The maximum absolute atomic E-state index is 12.3. The molecule has 0 atom stereocenters. The Hall–Kier alpha value is -2.41. The van der Waals surface area contributed by atoms with Crippen molar-refractivity contribution >= 4 is 28.9 Å². The summed E-state index contributed by atoms with van der Waals surface area (Å²) in [6.07, 6.45) is 0. The highest BCUT2D eigenvalue weighted by molar-refractivity contribution is 7.11. The van der Waals surface area contributed by atoms with E-state index in [0.29, 0.717) is 16.3 Å². The number of benzene rings is 1. The van der Waals surface area contributed by atoms with Gasteiger partial charge in [0.1, 0.15) is 4.88 Å². The van der Waals surface area contributed by atoms with Gasteiger partial charge < -0.3 is 14.6 Å². The van der Waals surface area contributed by atoms with Gasteiger partial charge in [-0.15, -0.1) is 0 Å². The molecule has 0 radical (unpaired) electrons. The minimum atomic E-state index is -0.538. The van der Waals surface area contributed by atoms with Gasteiger partial charge in [-0.3, -0.25) is 9.59 Å². The number of thiazole rings is 1. The number of amides is 1. The maximum Gasteiger partial charge on any atom is 0.339 e. The van der Waals surface area contributed by atoms with E-state index in [-0.39, 0.29) is 10.4 Å². The Morgan fingerprint density at radius 3 is 2.52 bits per heavy atom. The lowest BCUT2D eigenvalue weighted by molar-refractivity contribution is 0.0602. The van der Waals surface area contributed by atoms with Crippen molar-refractivity contribution in [3.8, 4) is 0 Å². The lowest BCUT2D eigenvalue weighted by Crippen LogP contribution is -2.15. The molecule has 0 fully saturated rings. The number of nitrogens with zero attached hydrogens (tertiary/aromatic N) is 1. The molecule has 0 saturated carbocycles. The topological polar surface area (TPSA) is 77.4 Å². The Labute approximate surface area is 125 Å². The molecule has 0 aliphatic heterocycles. The fourth-order valence-electron chi connectivity index (χ4n) is 1.79. The molecule has 1 aromatic carbocycles. The minimum Gasteiger partial charge on any atom is -0.465 e. The quantitative estimate of drug-likeness (QED) is 0.877. The molecule has 21 heavy (non-hydrogen) atoms. The third kappa shape index (κ3) is 2.87. The number of rotatable bonds is 3. The smallest absolute Gasteiger partial charge is 0.339 e. The second kappa shape index (κ2) is 5.92. The van der Waals surface area contributed by atoms with Gasteiger partial charge in [-0.1, -0.05) is 23.5 Å². The monoisotopic (exact) mass is 306 g/mol. The van der Waals surface area contributed by atoms with E-state index in [1.807, 2.05) is 0 Å². The van der Waals surface area contributed by atoms with Crippen LogP contribution in [0.15, 0.2) is 29.1 Å². The van der Waals surface area contributed by atoms with Crippen LogP contribution in [0.5, 0.6) is 0 Å². The van der Waals surface area contributed by atoms with Crippen molar-refractivity contribution in [2.75, 3.05) is 12.4 Å². The van der Waals surface area contributed by atoms with E-state index in [2.05, 4.69) is 10.1 Å². The van der Waals surface area contributed by atoms with Crippen LogP contribution in [0, 0.1) is 6.92 Å². The summed E-state index contributed by atoms with van der Waals surface area (Å²) in [5.41, 5.74) is 1.18. The molecule has 2 rings (SSSR count). The van der Waals surface area contributed by atoms with Crippen LogP contribution in [0.25, 0.3) is 0 Å². The average molecular weight is 306 g/mol. The van der Waals surface area contributed by atoms with Crippen LogP contribution in [0.1, 0.15) is 25.7 Å². The van der Waals surface area contributed by atoms with Crippen LogP contribution in [-0.4, -0.2) is 23.6 Å². The van der Waals surface area contributed by atoms with Crippen molar-refractivity contribution in [1.29, 1.82) is 0 Å². The number of anilines is 1.